The Kier molecular flexibility index (Phi) is 7.12. The highest BCUT2D eigenvalue weighted by Gasteiger charge is 2.34. The summed E-state index contributed by atoms with van der Waals surface area (Å²) < 4.78 is 12.9. The van der Waals surface area contributed by atoms with Gasteiger partial charge in [0.2, 0.25) is 0 Å². The fourth-order valence-corrected chi connectivity index (χ4v) is 5.94. The molecule has 0 N–H and O–H groups in total. The molecule has 9 nitrogen and oxygen atoms in total. The zero-order chi connectivity index (χ0) is 26.8. The molecule has 0 radical (unpaired) electrons. The molecule has 2 aromatic heterocycles. The summed E-state index contributed by atoms with van der Waals surface area (Å²) >= 11 is 2.61. The van der Waals surface area contributed by atoms with Gasteiger partial charge in [-0.15, -0.1) is 0 Å². The van der Waals surface area contributed by atoms with Crippen LogP contribution in [0.2, 0.25) is 0 Å². The Bertz CT molecular complexity index is 1750. The second kappa shape index (κ2) is 10.6. The average Bonchev–Trinajstić information content (AvgIpc) is 3.47. The lowest BCUT2D eigenvalue weighted by Crippen LogP contribution is -2.39. The molecule has 1 aliphatic rings. The van der Waals surface area contributed by atoms with Gasteiger partial charge in [0.15, 0.2) is 9.89 Å². The number of hydrogen-bond acceptors (Lipinski definition) is 9. The molecule has 11 heteroatoms. The number of ether oxygens (including phenoxy) is 1. The molecule has 1 aliphatic heterocycles. The number of carbonyl (C=O) groups excluding carboxylic acids is 1. The summed E-state index contributed by atoms with van der Waals surface area (Å²) in [5.41, 5.74) is 0.400. The van der Waals surface area contributed by atoms with Gasteiger partial charge in [-0.25, -0.2) is 9.79 Å². The number of furan rings is 1. The molecule has 0 saturated carbocycles. The van der Waals surface area contributed by atoms with Crippen molar-refractivity contribution in [3.63, 3.8) is 0 Å². The highest BCUT2D eigenvalue weighted by molar-refractivity contribution is 7.99. The topological polar surface area (TPSA) is 117 Å². The maximum absolute atomic E-state index is 13.7. The zero-order valence-electron chi connectivity index (χ0n) is 20.3. The molecule has 38 heavy (non-hydrogen) atoms. The summed E-state index contributed by atoms with van der Waals surface area (Å²) in [7, 11) is 0. The Morgan fingerprint density at radius 1 is 1.21 bits per heavy atom. The van der Waals surface area contributed by atoms with Crippen LogP contribution in [0.1, 0.15) is 31.2 Å². The summed E-state index contributed by atoms with van der Waals surface area (Å²) in [4.78, 5) is 43.5. The molecule has 0 spiro atoms. The number of nitro benzene ring substituents is 1. The lowest BCUT2D eigenvalue weighted by atomic mass is 9.95. The number of benzene rings is 2. The normalized spacial score (nSPS) is 15.2. The Balaban J connectivity index is 1.61. The van der Waals surface area contributed by atoms with Crippen molar-refractivity contribution in [2.75, 3.05) is 6.61 Å². The van der Waals surface area contributed by atoms with E-state index in [0.717, 1.165) is 16.2 Å². The SMILES string of the molecule is CCOC(=O)C1=C(C)N=c2s/c(=C/c3ccc(Sc4ccccc4)o3)c(=O)n2[C@@H]1c1cccc([N+](=O)[O-])c1. The summed E-state index contributed by atoms with van der Waals surface area (Å²) in [6.07, 6.45) is 1.63. The standard InChI is InChI=1S/C27H21N3O6S2/c1-3-35-26(32)23-16(2)28-27-29(24(23)17-8-7-9-18(14-17)30(33)34)25(31)21(38-27)15-19-12-13-22(36-19)37-20-10-5-4-6-11-20/h4-15,24H,3H2,1-2H3/b21-15+/t24-/m1/s1. The van der Waals surface area contributed by atoms with Gasteiger partial charge in [-0.05, 0) is 43.7 Å². The Hall–Kier alpha value is -4.22. The van der Waals surface area contributed by atoms with Crippen LogP contribution >= 0.6 is 23.1 Å². The number of fused-ring (bicyclic) bond motifs is 1. The first-order valence-electron chi connectivity index (χ1n) is 11.6. The van der Waals surface area contributed by atoms with Gasteiger partial charge in [0.1, 0.15) is 5.76 Å². The fraction of sp³-hybridized carbons (Fsp3) is 0.148. The highest BCUT2D eigenvalue weighted by atomic mass is 32.2. The van der Waals surface area contributed by atoms with E-state index >= 15 is 0 Å². The zero-order valence-corrected chi connectivity index (χ0v) is 22.0. The van der Waals surface area contributed by atoms with Crippen LogP contribution < -0.4 is 14.9 Å². The number of non-ortho nitro benzene ring substituents is 1. The Morgan fingerprint density at radius 3 is 2.74 bits per heavy atom. The van der Waals surface area contributed by atoms with Gasteiger partial charge in [-0.2, -0.15) is 0 Å². The second-order valence-corrected chi connectivity index (χ2v) is 10.3. The van der Waals surface area contributed by atoms with Crippen molar-refractivity contribution in [3.8, 4) is 0 Å². The van der Waals surface area contributed by atoms with Crippen molar-refractivity contribution in [3.05, 3.63) is 119 Å². The third kappa shape index (κ3) is 4.98. The first-order valence-corrected chi connectivity index (χ1v) is 13.3. The molecule has 0 bridgehead atoms. The van der Waals surface area contributed by atoms with Gasteiger partial charge in [0, 0.05) is 23.1 Å². The van der Waals surface area contributed by atoms with Gasteiger partial charge < -0.3 is 9.15 Å². The van der Waals surface area contributed by atoms with Crippen LogP contribution in [-0.4, -0.2) is 22.1 Å². The van der Waals surface area contributed by atoms with E-state index in [-0.39, 0.29) is 17.9 Å². The quantitative estimate of drug-likeness (QED) is 0.191. The molecule has 2 aromatic carbocycles. The third-order valence-corrected chi connectivity index (χ3v) is 7.66. The molecule has 0 aliphatic carbocycles. The number of aromatic nitrogens is 1. The van der Waals surface area contributed by atoms with Crippen LogP contribution in [0.4, 0.5) is 5.69 Å². The molecule has 3 heterocycles. The second-order valence-electron chi connectivity index (χ2n) is 8.23. The van der Waals surface area contributed by atoms with Crippen LogP contribution in [0.15, 0.2) is 102 Å². The van der Waals surface area contributed by atoms with E-state index in [1.54, 1.807) is 32.1 Å². The first kappa shape index (κ1) is 25.4. The molecular formula is C27H21N3O6S2. The van der Waals surface area contributed by atoms with E-state index in [1.165, 1.54) is 34.5 Å². The van der Waals surface area contributed by atoms with Crippen LogP contribution in [-0.2, 0) is 9.53 Å². The fourth-order valence-electron chi connectivity index (χ4n) is 4.12. The van der Waals surface area contributed by atoms with Crippen molar-refractivity contribution in [2.24, 2.45) is 4.99 Å². The Labute approximate surface area is 224 Å². The number of nitro groups is 1. The molecule has 0 saturated heterocycles. The molecule has 4 aromatic rings. The maximum Gasteiger partial charge on any atom is 0.338 e. The molecule has 1 atom stereocenters. The van der Waals surface area contributed by atoms with Crippen molar-refractivity contribution >= 4 is 40.8 Å². The molecule has 0 fully saturated rings. The first-order chi connectivity index (χ1) is 18.4. The van der Waals surface area contributed by atoms with E-state index < -0.39 is 22.5 Å². The van der Waals surface area contributed by atoms with Crippen LogP contribution in [0.5, 0.6) is 0 Å². The molecule has 0 unspecified atom stereocenters. The van der Waals surface area contributed by atoms with Crippen LogP contribution in [0.3, 0.4) is 0 Å². The third-order valence-electron chi connectivity index (χ3n) is 5.75. The summed E-state index contributed by atoms with van der Waals surface area (Å²) in [5.74, 6) is -0.143. The number of allylic oxidation sites excluding steroid dienone is 1. The lowest BCUT2D eigenvalue weighted by molar-refractivity contribution is -0.384. The Morgan fingerprint density at radius 2 is 2.00 bits per heavy atom. The van der Waals surface area contributed by atoms with Gasteiger partial charge in [-0.3, -0.25) is 19.5 Å². The highest BCUT2D eigenvalue weighted by Crippen LogP contribution is 2.32. The molecule has 0 amide bonds. The number of nitrogens with zero attached hydrogens (tertiary/aromatic N) is 3. The van der Waals surface area contributed by atoms with E-state index in [0.29, 0.717) is 31.4 Å². The minimum absolute atomic E-state index is 0.128. The van der Waals surface area contributed by atoms with Crippen molar-refractivity contribution in [1.29, 1.82) is 0 Å². The lowest BCUT2D eigenvalue weighted by Gasteiger charge is -2.24. The maximum atomic E-state index is 13.7. The minimum atomic E-state index is -0.937. The van der Waals surface area contributed by atoms with Crippen molar-refractivity contribution in [2.45, 2.75) is 29.9 Å². The summed E-state index contributed by atoms with van der Waals surface area (Å²) in [5, 5.41) is 12.1. The van der Waals surface area contributed by atoms with Gasteiger partial charge in [0.05, 0.1) is 33.4 Å². The average molecular weight is 548 g/mol. The van der Waals surface area contributed by atoms with E-state index in [9.17, 15) is 19.7 Å². The van der Waals surface area contributed by atoms with Crippen molar-refractivity contribution < 1.29 is 18.9 Å². The number of carbonyl (C=O) groups is 1. The van der Waals surface area contributed by atoms with Crippen LogP contribution in [0.25, 0.3) is 6.08 Å². The monoisotopic (exact) mass is 547 g/mol. The number of esters is 1. The van der Waals surface area contributed by atoms with E-state index in [2.05, 4.69) is 4.99 Å². The smallest absolute Gasteiger partial charge is 0.338 e. The predicted octanol–water partition coefficient (Wildman–Crippen LogP) is 4.45. The number of hydrogen-bond donors (Lipinski definition) is 0. The van der Waals surface area contributed by atoms with Gasteiger partial charge in [0.25, 0.3) is 11.2 Å². The van der Waals surface area contributed by atoms with Gasteiger partial charge >= 0.3 is 5.97 Å². The predicted molar refractivity (Wildman–Crippen MR) is 143 cm³/mol. The van der Waals surface area contributed by atoms with E-state index in [1.807, 2.05) is 36.4 Å². The summed E-state index contributed by atoms with van der Waals surface area (Å²) in [6, 6.07) is 18.3. The number of rotatable bonds is 7. The van der Waals surface area contributed by atoms with E-state index in [4.69, 9.17) is 9.15 Å². The molecular weight excluding hydrogens is 526 g/mol. The number of thiazole rings is 1. The largest absolute Gasteiger partial charge is 0.463 e. The van der Waals surface area contributed by atoms with Crippen LogP contribution in [0, 0.1) is 10.1 Å². The van der Waals surface area contributed by atoms with Gasteiger partial charge in [-0.1, -0.05) is 53.4 Å². The molecule has 5 rings (SSSR count). The summed E-state index contributed by atoms with van der Waals surface area (Å²) in [6.45, 7) is 3.47. The minimum Gasteiger partial charge on any atom is -0.463 e. The molecule has 192 valence electrons. The van der Waals surface area contributed by atoms with Crippen molar-refractivity contribution in [1.82, 2.24) is 4.57 Å².